The van der Waals surface area contributed by atoms with Crippen molar-refractivity contribution in [3.05, 3.63) is 71.4 Å². The molecule has 1 aliphatic heterocycles. The molecule has 2 aromatic heterocycles. The van der Waals surface area contributed by atoms with E-state index >= 15 is 0 Å². The molecule has 0 amide bonds. The second-order valence-electron chi connectivity index (χ2n) is 5.87. The van der Waals surface area contributed by atoms with Gasteiger partial charge in [0.2, 0.25) is 0 Å². The van der Waals surface area contributed by atoms with E-state index in [1.165, 1.54) is 0 Å². The highest BCUT2D eigenvalue weighted by Crippen LogP contribution is 2.44. The maximum atomic E-state index is 9.51. The Kier molecular flexibility index (Phi) is 2.95. The van der Waals surface area contributed by atoms with Crippen molar-refractivity contribution in [2.75, 3.05) is 0 Å². The highest BCUT2D eigenvalue weighted by Gasteiger charge is 2.28. The van der Waals surface area contributed by atoms with Gasteiger partial charge in [-0.05, 0) is 30.2 Å². The Labute approximate surface area is 134 Å². The van der Waals surface area contributed by atoms with E-state index in [4.69, 9.17) is 4.74 Å². The number of ether oxygens (including phenoxy) is 1. The van der Waals surface area contributed by atoms with Crippen LogP contribution in [0.4, 0.5) is 0 Å². The molecule has 1 unspecified atom stereocenters. The number of hydrogen-bond acceptors (Lipinski definition) is 3. The van der Waals surface area contributed by atoms with Crippen LogP contribution in [0.1, 0.15) is 22.6 Å². The van der Waals surface area contributed by atoms with Gasteiger partial charge in [0.15, 0.2) is 0 Å². The Balaban J connectivity index is 1.98. The monoisotopic (exact) mass is 301 g/mol. The molecule has 112 valence electrons. The highest BCUT2D eigenvalue weighted by molar-refractivity contribution is 5.89. The predicted octanol–water partition coefficient (Wildman–Crippen LogP) is 3.81. The number of aromatic nitrogens is 2. The molecule has 1 aromatic carbocycles. The lowest BCUT2D eigenvalue weighted by Gasteiger charge is -2.24. The zero-order valence-electron chi connectivity index (χ0n) is 12.9. The van der Waals surface area contributed by atoms with E-state index in [-0.39, 0.29) is 5.92 Å². The van der Waals surface area contributed by atoms with Crippen molar-refractivity contribution >= 4 is 10.9 Å². The van der Waals surface area contributed by atoms with Crippen molar-refractivity contribution in [3.63, 3.8) is 0 Å². The number of aryl methyl sites for hydroxylation is 2. The van der Waals surface area contributed by atoms with Crippen LogP contribution < -0.4 is 4.74 Å². The van der Waals surface area contributed by atoms with Crippen LogP contribution in [0.15, 0.2) is 54.7 Å². The number of allylic oxidation sites excluding steroid dienone is 1. The Morgan fingerprint density at radius 2 is 2.13 bits per heavy atom. The fraction of sp³-hybridized carbons (Fsp3) is 0.158. The fourth-order valence-corrected chi connectivity index (χ4v) is 3.24. The van der Waals surface area contributed by atoms with E-state index in [1.807, 2.05) is 38.6 Å². The molecule has 0 bridgehead atoms. The standard InChI is InChI=1S/C19H15N3O/c1-12-7-13(10-21-9-12)18-14(8-20)11-23-19-15-5-6-22(2)17(15)4-3-16(18)19/h3-7,9-11,18H,1-2H3. The normalized spacial score (nSPS) is 16.4. The number of rotatable bonds is 1. The van der Waals surface area contributed by atoms with Crippen LogP contribution in [-0.4, -0.2) is 9.55 Å². The van der Waals surface area contributed by atoms with Crippen LogP contribution in [0.25, 0.3) is 10.9 Å². The van der Waals surface area contributed by atoms with Crippen LogP contribution in [0.3, 0.4) is 0 Å². The molecule has 0 spiro atoms. The van der Waals surface area contributed by atoms with E-state index in [2.05, 4.69) is 33.8 Å². The molecule has 0 saturated heterocycles. The van der Waals surface area contributed by atoms with E-state index in [0.717, 1.165) is 33.3 Å². The van der Waals surface area contributed by atoms with Gasteiger partial charge < -0.3 is 9.30 Å². The summed E-state index contributed by atoms with van der Waals surface area (Å²) >= 11 is 0. The second kappa shape index (κ2) is 4.99. The lowest BCUT2D eigenvalue weighted by Crippen LogP contribution is -2.12. The molecular weight excluding hydrogens is 286 g/mol. The van der Waals surface area contributed by atoms with Crippen LogP contribution >= 0.6 is 0 Å². The smallest absolute Gasteiger partial charge is 0.140 e. The molecule has 4 rings (SSSR count). The highest BCUT2D eigenvalue weighted by atomic mass is 16.5. The summed E-state index contributed by atoms with van der Waals surface area (Å²) in [4.78, 5) is 4.29. The SMILES string of the molecule is Cc1cncc(C2C(C#N)=COc3c2ccc2c3ccn2C)c1. The molecule has 4 heteroatoms. The maximum Gasteiger partial charge on any atom is 0.140 e. The van der Waals surface area contributed by atoms with Gasteiger partial charge in [-0.25, -0.2) is 0 Å². The third-order valence-electron chi connectivity index (χ3n) is 4.33. The van der Waals surface area contributed by atoms with Crippen molar-refractivity contribution in [1.82, 2.24) is 9.55 Å². The van der Waals surface area contributed by atoms with Crippen molar-refractivity contribution < 1.29 is 4.74 Å². The molecule has 0 radical (unpaired) electrons. The summed E-state index contributed by atoms with van der Waals surface area (Å²) in [5.41, 5.74) is 4.81. The first-order valence-electron chi connectivity index (χ1n) is 7.45. The molecule has 3 heterocycles. The summed E-state index contributed by atoms with van der Waals surface area (Å²) in [5.74, 6) is 0.689. The molecule has 0 aliphatic carbocycles. The molecule has 0 N–H and O–H groups in total. The topological polar surface area (TPSA) is 50.8 Å². The minimum absolute atomic E-state index is 0.138. The largest absolute Gasteiger partial charge is 0.463 e. The van der Waals surface area contributed by atoms with Crippen molar-refractivity contribution in [3.8, 4) is 11.8 Å². The summed E-state index contributed by atoms with van der Waals surface area (Å²) in [5, 5.41) is 10.6. The summed E-state index contributed by atoms with van der Waals surface area (Å²) in [7, 11) is 2.01. The molecule has 0 fully saturated rings. The van der Waals surface area contributed by atoms with Crippen LogP contribution in [0, 0.1) is 18.3 Å². The lowest BCUT2D eigenvalue weighted by molar-refractivity contribution is 0.459. The third kappa shape index (κ3) is 2.01. The van der Waals surface area contributed by atoms with Gasteiger partial charge in [-0.3, -0.25) is 4.98 Å². The number of pyridine rings is 1. The predicted molar refractivity (Wildman–Crippen MR) is 88.1 cm³/mol. The first-order valence-corrected chi connectivity index (χ1v) is 7.45. The first-order chi connectivity index (χ1) is 11.2. The summed E-state index contributed by atoms with van der Waals surface area (Å²) in [6, 6.07) is 10.5. The van der Waals surface area contributed by atoms with Gasteiger partial charge >= 0.3 is 0 Å². The minimum atomic E-state index is -0.138. The summed E-state index contributed by atoms with van der Waals surface area (Å²) in [6.45, 7) is 2.01. The van der Waals surface area contributed by atoms with E-state index in [9.17, 15) is 5.26 Å². The van der Waals surface area contributed by atoms with Gasteiger partial charge in [-0.15, -0.1) is 0 Å². The number of fused-ring (bicyclic) bond motifs is 3. The lowest BCUT2D eigenvalue weighted by atomic mass is 9.84. The fourth-order valence-electron chi connectivity index (χ4n) is 3.24. The van der Waals surface area contributed by atoms with E-state index < -0.39 is 0 Å². The van der Waals surface area contributed by atoms with Gasteiger partial charge in [0.05, 0.1) is 23.1 Å². The maximum absolute atomic E-state index is 9.51. The average Bonchev–Trinajstić information content (AvgIpc) is 2.95. The van der Waals surface area contributed by atoms with E-state index in [1.54, 1.807) is 6.26 Å². The number of hydrogen-bond donors (Lipinski definition) is 0. The quantitative estimate of drug-likeness (QED) is 0.686. The Morgan fingerprint density at radius 1 is 1.26 bits per heavy atom. The van der Waals surface area contributed by atoms with Gasteiger partial charge in [-0.2, -0.15) is 5.26 Å². The van der Waals surface area contributed by atoms with Crippen molar-refractivity contribution in [2.45, 2.75) is 12.8 Å². The minimum Gasteiger partial charge on any atom is -0.463 e. The molecule has 23 heavy (non-hydrogen) atoms. The van der Waals surface area contributed by atoms with Crippen molar-refractivity contribution in [1.29, 1.82) is 5.26 Å². The Bertz CT molecular complexity index is 992. The Hall–Kier alpha value is -3.06. The number of benzene rings is 1. The van der Waals surface area contributed by atoms with Gasteiger partial charge in [0.25, 0.3) is 0 Å². The molecule has 1 atom stereocenters. The van der Waals surface area contributed by atoms with Crippen LogP contribution in [0.5, 0.6) is 5.75 Å². The molecular formula is C19H15N3O. The average molecular weight is 301 g/mol. The molecule has 0 saturated carbocycles. The van der Waals surface area contributed by atoms with Gasteiger partial charge in [0, 0.05) is 36.6 Å². The molecule has 1 aliphatic rings. The number of nitrogens with zero attached hydrogens (tertiary/aromatic N) is 3. The van der Waals surface area contributed by atoms with Gasteiger partial charge in [-0.1, -0.05) is 12.1 Å². The summed E-state index contributed by atoms with van der Waals surface area (Å²) in [6.07, 6.45) is 7.23. The van der Waals surface area contributed by atoms with Gasteiger partial charge in [0.1, 0.15) is 12.0 Å². The third-order valence-corrected chi connectivity index (χ3v) is 4.33. The molecule has 3 aromatic rings. The van der Waals surface area contributed by atoms with Crippen molar-refractivity contribution in [2.24, 2.45) is 7.05 Å². The molecule has 4 nitrogen and oxygen atoms in total. The van der Waals surface area contributed by atoms with Crippen LogP contribution in [0.2, 0.25) is 0 Å². The summed E-state index contributed by atoms with van der Waals surface area (Å²) < 4.78 is 7.88. The Morgan fingerprint density at radius 3 is 2.91 bits per heavy atom. The zero-order chi connectivity index (χ0) is 16.0. The second-order valence-corrected chi connectivity index (χ2v) is 5.87. The zero-order valence-corrected chi connectivity index (χ0v) is 12.9. The van der Waals surface area contributed by atoms with Crippen LogP contribution in [-0.2, 0) is 7.05 Å². The van der Waals surface area contributed by atoms with E-state index in [0.29, 0.717) is 5.57 Å². The number of nitriles is 1. The first kappa shape index (κ1) is 13.6.